The molecular weight excluding hydrogens is 318 g/mol. The van der Waals surface area contributed by atoms with E-state index >= 15 is 0 Å². The maximum absolute atomic E-state index is 12.3. The molecule has 3 rings (SSSR count). The number of anilines is 1. The molecule has 2 N–H and O–H groups in total. The first-order chi connectivity index (χ1) is 11.6. The van der Waals surface area contributed by atoms with Crippen LogP contribution in [-0.2, 0) is 0 Å². The molecule has 0 saturated carbocycles. The van der Waals surface area contributed by atoms with Gasteiger partial charge in [0.15, 0.2) is 0 Å². The highest BCUT2D eigenvalue weighted by atomic mass is 19.3. The van der Waals surface area contributed by atoms with Gasteiger partial charge in [-0.1, -0.05) is 0 Å². The van der Waals surface area contributed by atoms with Gasteiger partial charge in [0.2, 0.25) is 0 Å². The molecule has 0 unspecified atom stereocenters. The predicted octanol–water partition coefficient (Wildman–Crippen LogP) is 3.42. The number of halogens is 2. The van der Waals surface area contributed by atoms with Crippen LogP contribution in [0.4, 0.5) is 19.3 Å². The fourth-order valence-electron chi connectivity index (χ4n) is 2.81. The van der Waals surface area contributed by atoms with E-state index in [1.165, 1.54) is 24.3 Å². The minimum absolute atomic E-state index is 0.0587. The lowest BCUT2D eigenvalue weighted by Crippen LogP contribution is -2.40. The number of nitrogens with zero attached hydrogens (tertiary/aromatic N) is 2. The van der Waals surface area contributed by atoms with E-state index in [-0.39, 0.29) is 11.8 Å². The van der Waals surface area contributed by atoms with E-state index in [0.717, 1.165) is 18.5 Å². The van der Waals surface area contributed by atoms with Crippen LogP contribution >= 0.6 is 0 Å². The van der Waals surface area contributed by atoms with Crippen molar-refractivity contribution in [1.29, 1.82) is 0 Å². The summed E-state index contributed by atoms with van der Waals surface area (Å²) < 4.78 is 28.5. The van der Waals surface area contributed by atoms with Crippen molar-refractivity contribution in [3.05, 3.63) is 42.2 Å². The lowest BCUT2D eigenvalue weighted by Gasteiger charge is -2.31. The fourth-order valence-corrected chi connectivity index (χ4v) is 2.81. The van der Waals surface area contributed by atoms with Gasteiger partial charge < -0.3 is 15.0 Å². The summed E-state index contributed by atoms with van der Waals surface area (Å²) in [7, 11) is 0. The van der Waals surface area contributed by atoms with E-state index < -0.39 is 6.61 Å². The maximum atomic E-state index is 12.3. The zero-order chi connectivity index (χ0) is 16.9. The number of nitrogens with one attached hydrogen (secondary N) is 2. The van der Waals surface area contributed by atoms with Crippen LogP contribution in [0.2, 0.25) is 0 Å². The highest BCUT2D eigenvalue weighted by molar-refractivity contribution is 5.89. The van der Waals surface area contributed by atoms with Crippen molar-refractivity contribution in [2.45, 2.75) is 25.4 Å². The number of aromatic amines is 1. The number of alkyl halides is 2. The molecule has 0 radical (unpaired) electrons. The Bertz CT molecular complexity index is 653. The quantitative estimate of drug-likeness (QED) is 0.899. The number of H-pyrrole nitrogens is 1. The molecule has 2 heterocycles. The number of piperidine rings is 1. The minimum Gasteiger partial charge on any atom is -0.435 e. The SMILES string of the molecule is O=C(Nc1ccc(OC(F)F)cc1)N1CCC(c2ccn[nH]2)CC1. The number of amides is 2. The highest BCUT2D eigenvalue weighted by Crippen LogP contribution is 2.26. The summed E-state index contributed by atoms with van der Waals surface area (Å²) in [6.45, 7) is -1.55. The molecule has 0 atom stereocenters. The Labute approximate surface area is 137 Å². The summed E-state index contributed by atoms with van der Waals surface area (Å²) in [5, 5.41) is 9.70. The second kappa shape index (κ2) is 7.29. The molecule has 6 nitrogen and oxygen atoms in total. The molecule has 8 heteroatoms. The lowest BCUT2D eigenvalue weighted by atomic mass is 9.94. The van der Waals surface area contributed by atoms with E-state index in [4.69, 9.17) is 0 Å². The number of carbonyl (C=O) groups excluding carboxylic acids is 1. The lowest BCUT2D eigenvalue weighted by molar-refractivity contribution is -0.0498. The smallest absolute Gasteiger partial charge is 0.387 e. The molecule has 128 valence electrons. The van der Waals surface area contributed by atoms with Crippen molar-refractivity contribution in [1.82, 2.24) is 15.1 Å². The average molecular weight is 336 g/mol. The van der Waals surface area contributed by atoms with Crippen molar-refractivity contribution in [3.63, 3.8) is 0 Å². The standard InChI is InChI=1S/C16H18F2N4O2/c17-15(18)24-13-3-1-12(2-4-13)20-16(23)22-9-6-11(7-10-22)14-5-8-19-21-14/h1-5,8,11,15H,6-7,9-10H2,(H,19,21)(H,20,23). The molecule has 1 aromatic heterocycles. The van der Waals surface area contributed by atoms with Crippen LogP contribution in [0.1, 0.15) is 24.5 Å². The second-order valence-corrected chi connectivity index (χ2v) is 5.61. The number of urea groups is 1. The Morgan fingerprint density at radius 3 is 2.54 bits per heavy atom. The normalized spacial score (nSPS) is 15.5. The molecular formula is C16H18F2N4O2. The molecule has 1 saturated heterocycles. The number of aromatic nitrogens is 2. The summed E-state index contributed by atoms with van der Waals surface area (Å²) in [5.74, 6) is 0.450. The maximum Gasteiger partial charge on any atom is 0.387 e. The predicted molar refractivity (Wildman–Crippen MR) is 84.2 cm³/mol. The van der Waals surface area contributed by atoms with Crippen molar-refractivity contribution in [2.24, 2.45) is 0 Å². The average Bonchev–Trinajstić information content (AvgIpc) is 3.11. The van der Waals surface area contributed by atoms with Crippen LogP contribution < -0.4 is 10.1 Å². The molecule has 24 heavy (non-hydrogen) atoms. The van der Waals surface area contributed by atoms with Gasteiger partial charge in [-0.3, -0.25) is 5.10 Å². The van der Waals surface area contributed by atoms with Gasteiger partial charge >= 0.3 is 12.6 Å². The molecule has 1 aliphatic rings. The van der Waals surface area contributed by atoms with Crippen molar-refractivity contribution in [2.75, 3.05) is 18.4 Å². The molecule has 0 bridgehead atoms. The molecule has 0 spiro atoms. The summed E-state index contributed by atoms with van der Waals surface area (Å²) in [5.41, 5.74) is 1.64. The van der Waals surface area contributed by atoms with E-state index in [2.05, 4.69) is 20.3 Å². The summed E-state index contributed by atoms with van der Waals surface area (Å²) in [6.07, 6.45) is 3.48. The Morgan fingerprint density at radius 2 is 1.96 bits per heavy atom. The summed E-state index contributed by atoms with van der Waals surface area (Å²) >= 11 is 0. The van der Waals surface area contributed by atoms with Gasteiger partial charge in [0.25, 0.3) is 0 Å². The van der Waals surface area contributed by atoms with Crippen molar-refractivity contribution < 1.29 is 18.3 Å². The van der Waals surface area contributed by atoms with Gasteiger partial charge in [-0.2, -0.15) is 13.9 Å². The van der Waals surface area contributed by atoms with E-state index in [0.29, 0.717) is 24.7 Å². The molecule has 2 amide bonds. The zero-order valence-electron chi connectivity index (χ0n) is 12.9. The van der Waals surface area contributed by atoms with Crippen LogP contribution in [0, 0.1) is 0 Å². The van der Waals surface area contributed by atoms with Crippen LogP contribution in [-0.4, -0.2) is 40.8 Å². The van der Waals surface area contributed by atoms with Crippen LogP contribution in [0.3, 0.4) is 0 Å². The van der Waals surface area contributed by atoms with Crippen molar-refractivity contribution >= 4 is 11.7 Å². The molecule has 1 fully saturated rings. The number of hydrogen-bond donors (Lipinski definition) is 2. The number of benzene rings is 1. The first kappa shape index (κ1) is 16.2. The third-order valence-corrected chi connectivity index (χ3v) is 4.08. The van der Waals surface area contributed by atoms with Gasteiger partial charge in [0.05, 0.1) is 0 Å². The van der Waals surface area contributed by atoms with Gasteiger partial charge in [-0.05, 0) is 43.2 Å². The van der Waals surface area contributed by atoms with Gasteiger partial charge in [0, 0.05) is 36.6 Å². The summed E-state index contributed by atoms with van der Waals surface area (Å²) in [6, 6.07) is 7.63. The second-order valence-electron chi connectivity index (χ2n) is 5.61. The fraction of sp³-hybridized carbons (Fsp3) is 0.375. The van der Waals surface area contributed by atoms with E-state index in [1.807, 2.05) is 6.07 Å². The van der Waals surface area contributed by atoms with Gasteiger partial charge in [-0.25, -0.2) is 4.79 Å². The van der Waals surface area contributed by atoms with Crippen molar-refractivity contribution in [3.8, 4) is 5.75 Å². The number of carbonyl (C=O) groups is 1. The Morgan fingerprint density at radius 1 is 1.25 bits per heavy atom. The Balaban J connectivity index is 1.50. The van der Waals surface area contributed by atoms with E-state index in [9.17, 15) is 13.6 Å². The first-order valence-corrected chi connectivity index (χ1v) is 7.72. The van der Waals surface area contributed by atoms with Crippen LogP contribution in [0.15, 0.2) is 36.5 Å². The highest BCUT2D eigenvalue weighted by Gasteiger charge is 2.24. The summed E-state index contributed by atoms with van der Waals surface area (Å²) in [4.78, 5) is 14.0. The number of rotatable bonds is 4. The number of hydrogen-bond acceptors (Lipinski definition) is 3. The molecule has 1 aromatic carbocycles. The molecule has 1 aliphatic heterocycles. The monoisotopic (exact) mass is 336 g/mol. The Kier molecular flexibility index (Phi) is 4.93. The topological polar surface area (TPSA) is 70.2 Å². The number of ether oxygens (including phenoxy) is 1. The zero-order valence-corrected chi connectivity index (χ0v) is 12.9. The van der Waals surface area contributed by atoms with Gasteiger partial charge in [-0.15, -0.1) is 0 Å². The third-order valence-electron chi connectivity index (χ3n) is 4.08. The largest absolute Gasteiger partial charge is 0.435 e. The van der Waals surface area contributed by atoms with Crippen LogP contribution in [0.25, 0.3) is 0 Å². The van der Waals surface area contributed by atoms with E-state index in [1.54, 1.807) is 11.1 Å². The number of likely N-dealkylation sites (tertiary alicyclic amines) is 1. The molecule has 2 aromatic rings. The van der Waals surface area contributed by atoms with Crippen LogP contribution in [0.5, 0.6) is 5.75 Å². The molecule has 0 aliphatic carbocycles. The first-order valence-electron chi connectivity index (χ1n) is 7.72. The third kappa shape index (κ3) is 4.01. The van der Waals surface area contributed by atoms with Gasteiger partial charge in [0.1, 0.15) is 5.75 Å². The Hall–Kier alpha value is -2.64. The minimum atomic E-state index is -2.86.